The van der Waals surface area contributed by atoms with Crippen LogP contribution in [0.3, 0.4) is 0 Å². The molecular formula is C22H23N5O4. The number of aromatic nitrogens is 5. The zero-order valence-corrected chi connectivity index (χ0v) is 17.1. The summed E-state index contributed by atoms with van der Waals surface area (Å²) in [6.07, 6.45) is 2.27. The van der Waals surface area contributed by atoms with Gasteiger partial charge in [-0.1, -0.05) is 29.5 Å². The number of carboxylic acids is 1. The van der Waals surface area contributed by atoms with Crippen molar-refractivity contribution in [3.8, 4) is 11.6 Å². The molecule has 2 heterocycles. The summed E-state index contributed by atoms with van der Waals surface area (Å²) in [5.41, 5.74) is 3.58. The van der Waals surface area contributed by atoms with Crippen molar-refractivity contribution in [1.82, 2.24) is 24.8 Å². The number of nitrogens with zero attached hydrogens (tertiary/aromatic N) is 5. The average Bonchev–Trinajstić information content (AvgIpc) is 3.36. The minimum atomic E-state index is -0.843. The van der Waals surface area contributed by atoms with Crippen LogP contribution in [0, 0.1) is 0 Å². The molecule has 0 aliphatic heterocycles. The average molecular weight is 421 g/mol. The molecule has 31 heavy (non-hydrogen) atoms. The van der Waals surface area contributed by atoms with Gasteiger partial charge in [-0.05, 0) is 43.2 Å². The molecule has 0 saturated heterocycles. The van der Waals surface area contributed by atoms with Gasteiger partial charge in [0.05, 0.1) is 18.7 Å². The highest BCUT2D eigenvalue weighted by Gasteiger charge is 2.12. The van der Waals surface area contributed by atoms with Gasteiger partial charge < -0.3 is 14.6 Å². The molecule has 4 aromatic rings. The van der Waals surface area contributed by atoms with Crippen LogP contribution >= 0.6 is 0 Å². The lowest BCUT2D eigenvalue weighted by Crippen LogP contribution is -2.07. The predicted molar refractivity (Wildman–Crippen MR) is 113 cm³/mol. The van der Waals surface area contributed by atoms with E-state index >= 15 is 0 Å². The number of hydrogen-bond acceptors (Lipinski definition) is 6. The minimum absolute atomic E-state index is 0.0405. The van der Waals surface area contributed by atoms with Crippen LogP contribution in [-0.2, 0) is 24.5 Å². The Bertz CT molecular complexity index is 1170. The lowest BCUT2D eigenvalue weighted by atomic mass is 10.2. The number of fused-ring (bicyclic) bond motifs is 1. The van der Waals surface area contributed by atoms with E-state index in [1.807, 2.05) is 61.7 Å². The second-order valence-corrected chi connectivity index (χ2v) is 6.98. The molecule has 0 atom stereocenters. The van der Waals surface area contributed by atoms with Crippen molar-refractivity contribution in [3.05, 3.63) is 65.9 Å². The highest BCUT2D eigenvalue weighted by atomic mass is 16.5. The smallest absolute Gasteiger partial charge is 0.303 e. The molecule has 0 amide bonds. The number of aryl methyl sites for hydroxylation is 1. The molecule has 0 fully saturated rings. The van der Waals surface area contributed by atoms with Crippen LogP contribution in [0.1, 0.15) is 24.5 Å². The van der Waals surface area contributed by atoms with Crippen LogP contribution in [0.4, 0.5) is 0 Å². The minimum Gasteiger partial charge on any atom is -0.481 e. The summed E-state index contributed by atoms with van der Waals surface area (Å²) in [7, 11) is 0. The molecule has 9 nitrogen and oxygen atoms in total. The van der Waals surface area contributed by atoms with E-state index in [9.17, 15) is 4.79 Å². The maximum atomic E-state index is 10.9. The Morgan fingerprint density at radius 3 is 2.68 bits per heavy atom. The molecule has 2 aromatic heterocycles. The lowest BCUT2D eigenvalue weighted by Gasteiger charge is -2.08. The molecule has 0 spiro atoms. The maximum absolute atomic E-state index is 10.9. The second kappa shape index (κ2) is 9.29. The number of hydrogen-bond donors (Lipinski definition) is 1. The number of para-hydroxylation sites is 1. The van der Waals surface area contributed by atoms with Crippen LogP contribution in [0.15, 0.2) is 54.7 Å². The fraction of sp³-hybridized carbons (Fsp3) is 0.273. The number of carbonyl (C=O) groups is 1. The van der Waals surface area contributed by atoms with Gasteiger partial charge in [0, 0.05) is 18.2 Å². The largest absolute Gasteiger partial charge is 0.481 e. The van der Waals surface area contributed by atoms with Gasteiger partial charge in [0.2, 0.25) is 5.88 Å². The molecule has 0 radical (unpaired) electrons. The third-order valence-corrected chi connectivity index (χ3v) is 4.73. The number of benzene rings is 2. The maximum Gasteiger partial charge on any atom is 0.303 e. The van der Waals surface area contributed by atoms with Crippen molar-refractivity contribution in [1.29, 1.82) is 0 Å². The molecule has 160 valence electrons. The fourth-order valence-electron chi connectivity index (χ4n) is 3.22. The van der Waals surface area contributed by atoms with E-state index in [1.54, 1.807) is 9.36 Å². The van der Waals surface area contributed by atoms with Crippen molar-refractivity contribution in [3.63, 3.8) is 0 Å². The number of aliphatic carboxylic acids is 1. The summed E-state index contributed by atoms with van der Waals surface area (Å²) < 4.78 is 14.9. The van der Waals surface area contributed by atoms with Gasteiger partial charge in [0.1, 0.15) is 11.3 Å². The SMILES string of the molecule is CCOc1nn(Cc2ccc(OCn3nnc4ccccc43)cc2)cc1CCC(=O)O. The third-order valence-electron chi connectivity index (χ3n) is 4.73. The van der Waals surface area contributed by atoms with Crippen LogP contribution in [0.5, 0.6) is 11.6 Å². The van der Waals surface area contributed by atoms with Crippen molar-refractivity contribution in [2.45, 2.75) is 33.0 Å². The molecule has 0 aliphatic rings. The van der Waals surface area contributed by atoms with E-state index in [1.165, 1.54) is 0 Å². The Hall–Kier alpha value is -3.88. The zero-order valence-electron chi connectivity index (χ0n) is 17.1. The van der Waals surface area contributed by atoms with Crippen molar-refractivity contribution >= 4 is 17.0 Å². The molecule has 0 unspecified atom stereocenters. The first kappa shape index (κ1) is 20.4. The molecule has 0 saturated carbocycles. The topological polar surface area (TPSA) is 104 Å². The van der Waals surface area contributed by atoms with Gasteiger partial charge in [-0.15, -0.1) is 10.2 Å². The monoisotopic (exact) mass is 421 g/mol. The normalized spacial score (nSPS) is 11.0. The first-order chi connectivity index (χ1) is 15.1. The first-order valence-corrected chi connectivity index (χ1v) is 10.0. The Morgan fingerprint density at radius 1 is 1.10 bits per heavy atom. The van der Waals surface area contributed by atoms with E-state index in [-0.39, 0.29) is 13.2 Å². The van der Waals surface area contributed by atoms with Gasteiger partial charge in [-0.25, -0.2) is 4.68 Å². The third kappa shape index (κ3) is 5.00. The van der Waals surface area contributed by atoms with Crippen molar-refractivity contribution in [2.75, 3.05) is 6.61 Å². The molecule has 0 aliphatic carbocycles. The van der Waals surface area contributed by atoms with E-state index < -0.39 is 5.97 Å². The molecule has 9 heteroatoms. The molecule has 4 rings (SSSR count). The Balaban J connectivity index is 1.39. The number of ether oxygens (including phenoxy) is 2. The van der Waals surface area contributed by atoms with Gasteiger partial charge in [-0.2, -0.15) is 0 Å². The molecular weight excluding hydrogens is 398 g/mol. The van der Waals surface area contributed by atoms with Gasteiger partial charge >= 0.3 is 5.97 Å². The number of carboxylic acid groups (broad SMARTS) is 1. The van der Waals surface area contributed by atoms with Crippen molar-refractivity contribution < 1.29 is 19.4 Å². The summed E-state index contributed by atoms with van der Waals surface area (Å²) in [4.78, 5) is 10.9. The zero-order chi connectivity index (χ0) is 21.6. The van der Waals surface area contributed by atoms with Gasteiger partial charge in [0.15, 0.2) is 6.73 Å². The highest BCUT2D eigenvalue weighted by Crippen LogP contribution is 2.20. The number of rotatable bonds is 10. The lowest BCUT2D eigenvalue weighted by molar-refractivity contribution is -0.136. The van der Waals surface area contributed by atoms with E-state index in [2.05, 4.69) is 15.4 Å². The van der Waals surface area contributed by atoms with Gasteiger partial charge in [0.25, 0.3) is 0 Å². The van der Waals surface area contributed by atoms with Crippen LogP contribution in [-0.4, -0.2) is 42.5 Å². The van der Waals surface area contributed by atoms with Crippen LogP contribution in [0.25, 0.3) is 11.0 Å². The standard InChI is InChI=1S/C22H23N5O4/c1-2-30-22-17(9-12-21(28)29)14-26(24-22)13-16-7-10-18(11-8-16)31-15-27-20-6-4-3-5-19(20)23-25-27/h3-8,10-11,14H,2,9,12-13,15H2,1H3,(H,28,29). The van der Waals surface area contributed by atoms with E-state index in [0.29, 0.717) is 25.5 Å². The van der Waals surface area contributed by atoms with Gasteiger partial charge in [-0.3, -0.25) is 9.48 Å². The quantitative estimate of drug-likeness (QED) is 0.419. The predicted octanol–water partition coefficient (Wildman–Crippen LogP) is 3.13. The second-order valence-electron chi connectivity index (χ2n) is 6.98. The summed E-state index contributed by atoms with van der Waals surface area (Å²) in [6.45, 7) is 3.16. The first-order valence-electron chi connectivity index (χ1n) is 10.0. The fourth-order valence-corrected chi connectivity index (χ4v) is 3.22. The van der Waals surface area contributed by atoms with E-state index in [0.717, 1.165) is 27.9 Å². The Kier molecular flexibility index (Phi) is 6.11. The van der Waals surface area contributed by atoms with Crippen LogP contribution in [0.2, 0.25) is 0 Å². The Morgan fingerprint density at radius 2 is 1.90 bits per heavy atom. The summed E-state index contributed by atoms with van der Waals surface area (Å²) in [5, 5.41) is 21.6. The highest BCUT2D eigenvalue weighted by molar-refractivity contribution is 5.73. The summed E-state index contributed by atoms with van der Waals surface area (Å²) in [6, 6.07) is 15.4. The Labute approximate surface area is 178 Å². The molecule has 1 N–H and O–H groups in total. The summed E-state index contributed by atoms with van der Waals surface area (Å²) >= 11 is 0. The van der Waals surface area contributed by atoms with Crippen LogP contribution < -0.4 is 9.47 Å². The summed E-state index contributed by atoms with van der Waals surface area (Å²) in [5.74, 6) is 0.370. The molecule has 0 bridgehead atoms. The van der Waals surface area contributed by atoms with Crippen molar-refractivity contribution in [2.24, 2.45) is 0 Å². The molecule has 2 aromatic carbocycles. The van der Waals surface area contributed by atoms with E-state index in [4.69, 9.17) is 14.6 Å².